The number of carbonyl (C=O) groups is 5. The Morgan fingerprint density at radius 3 is 2.70 bits per heavy atom. The first-order chi connectivity index (χ1) is 17.7. The molecule has 0 spiro atoms. The Morgan fingerprint density at radius 2 is 2.11 bits per heavy atom. The Bertz CT molecular complexity index is 1260. The molecule has 4 rings (SSSR count). The molecule has 17 heteroatoms. The van der Waals surface area contributed by atoms with E-state index in [0.29, 0.717) is 24.8 Å². The third-order valence-electron chi connectivity index (χ3n) is 6.04. The number of nitrogens with one attached hydrogen (secondary N) is 1. The fourth-order valence-electron chi connectivity index (χ4n) is 4.27. The van der Waals surface area contributed by atoms with Crippen LogP contribution in [-0.2, 0) is 24.0 Å². The van der Waals surface area contributed by atoms with E-state index >= 15 is 0 Å². The number of anilines is 1. The third-order valence-corrected chi connectivity index (χ3v) is 7.89. The summed E-state index contributed by atoms with van der Waals surface area (Å²) in [6, 6.07) is -1.54. The standard InChI is InChI=1S/C20H22N8O7S2/c21-6-10(2-4-29)27-3-1-8(16(27)31)5-9-7-36-18-12(17(32)28(18)13(9)19(33)34)23-15(30)11(25-35)14-24-20(22)37-26-14/h4-5,10,12,18,35H,1-3,6-7,21H2,(H,23,30)(H,33,34)(H2,22,24,26)/b8-5+,25-11-/t10-,12-,18-/m1/s1. The van der Waals surface area contributed by atoms with E-state index in [1.807, 2.05) is 0 Å². The molecule has 0 aromatic carbocycles. The number of allylic oxidation sites excluding steroid dienone is 1. The van der Waals surface area contributed by atoms with Crippen LogP contribution in [0, 0.1) is 0 Å². The van der Waals surface area contributed by atoms with Crippen molar-refractivity contribution in [3.05, 3.63) is 28.7 Å². The van der Waals surface area contributed by atoms with Gasteiger partial charge in [-0.2, -0.15) is 9.36 Å². The number of aliphatic carboxylic acids is 1. The zero-order valence-electron chi connectivity index (χ0n) is 19.1. The second kappa shape index (κ2) is 10.7. The van der Waals surface area contributed by atoms with Crippen molar-refractivity contribution >= 4 is 64.1 Å². The molecule has 2 saturated heterocycles. The number of fused-ring (bicyclic) bond motifs is 1. The Morgan fingerprint density at radius 1 is 1.35 bits per heavy atom. The maximum atomic E-state index is 12.9. The highest BCUT2D eigenvalue weighted by Gasteiger charge is 2.54. The average molecular weight is 551 g/mol. The molecule has 0 unspecified atom stereocenters. The van der Waals surface area contributed by atoms with Crippen LogP contribution in [0.3, 0.4) is 0 Å². The highest BCUT2D eigenvalue weighted by molar-refractivity contribution is 8.00. The zero-order chi connectivity index (χ0) is 26.9. The van der Waals surface area contributed by atoms with E-state index in [2.05, 4.69) is 19.8 Å². The van der Waals surface area contributed by atoms with Crippen LogP contribution >= 0.6 is 23.3 Å². The van der Waals surface area contributed by atoms with Crippen LogP contribution in [0.2, 0.25) is 0 Å². The molecule has 196 valence electrons. The quantitative estimate of drug-likeness (QED) is 0.0567. The summed E-state index contributed by atoms with van der Waals surface area (Å²) in [5.41, 5.74) is 11.0. The van der Waals surface area contributed by atoms with Gasteiger partial charge in [-0.3, -0.25) is 19.3 Å². The van der Waals surface area contributed by atoms with Crippen molar-refractivity contribution in [1.29, 1.82) is 0 Å². The maximum Gasteiger partial charge on any atom is 0.352 e. The van der Waals surface area contributed by atoms with Gasteiger partial charge in [0, 0.05) is 42.4 Å². The van der Waals surface area contributed by atoms with Crippen molar-refractivity contribution in [2.45, 2.75) is 30.3 Å². The molecule has 0 bridgehead atoms. The molecular weight excluding hydrogens is 528 g/mol. The molecule has 3 amide bonds. The number of likely N-dealkylation sites (tertiary alicyclic amines) is 1. The van der Waals surface area contributed by atoms with Crippen LogP contribution in [0.5, 0.6) is 0 Å². The fourth-order valence-corrected chi connectivity index (χ4v) is 6.02. The molecule has 37 heavy (non-hydrogen) atoms. The predicted octanol–water partition coefficient (Wildman–Crippen LogP) is -1.89. The van der Waals surface area contributed by atoms with E-state index in [9.17, 15) is 34.3 Å². The number of aldehydes is 1. The highest BCUT2D eigenvalue weighted by atomic mass is 32.2. The molecule has 3 aliphatic rings. The lowest BCUT2D eigenvalue weighted by Gasteiger charge is -2.49. The SMILES string of the molecule is NC[C@@H](CC=O)N1CC/C(=C\C2=C(C(=O)O)N3C(=O)[C@@H](NC(=O)/C(=N\O)c4nsc(N)n4)[C@H]3SC2)C1=O. The largest absolute Gasteiger partial charge is 0.477 e. The molecule has 2 fully saturated rings. The zero-order valence-corrected chi connectivity index (χ0v) is 20.7. The number of carboxylic acids is 1. The van der Waals surface area contributed by atoms with Crippen molar-refractivity contribution < 1.29 is 34.3 Å². The molecule has 3 aliphatic heterocycles. The summed E-state index contributed by atoms with van der Waals surface area (Å²) in [6.45, 7) is 0.458. The first-order valence-electron chi connectivity index (χ1n) is 10.9. The predicted molar refractivity (Wildman–Crippen MR) is 130 cm³/mol. The van der Waals surface area contributed by atoms with E-state index in [1.54, 1.807) is 0 Å². The van der Waals surface area contributed by atoms with E-state index in [1.165, 1.54) is 22.7 Å². The minimum absolute atomic E-state index is 0.0433. The van der Waals surface area contributed by atoms with Gasteiger partial charge < -0.3 is 36.8 Å². The van der Waals surface area contributed by atoms with Crippen molar-refractivity contribution in [2.24, 2.45) is 10.9 Å². The molecule has 15 nitrogen and oxygen atoms in total. The summed E-state index contributed by atoms with van der Waals surface area (Å²) in [5, 5.41) is 23.7. The molecule has 0 radical (unpaired) electrons. The van der Waals surface area contributed by atoms with Crippen LogP contribution in [0.4, 0.5) is 5.13 Å². The van der Waals surface area contributed by atoms with Crippen LogP contribution < -0.4 is 16.8 Å². The topological polar surface area (TPSA) is 234 Å². The number of hydrogen-bond acceptors (Lipinski definition) is 13. The number of thioether (sulfide) groups is 1. The fraction of sp³-hybridized carbons (Fsp3) is 0.400. The Labute approximate surface area is 217 Å². The van der Waals surface area contributed by atoms with Crippen LogP contribution in [0.25, 0.3) is 0 Å². The number of rotatable bonds is 9. The summed E-state index contributed by atoms with van der Waals surface area (Å²) < 4.78 is 3.80. The Hall–Kier alpha value is -3.83. The number of nitrogen functional groups attached to an aromatic ring is 1. The van der Waals surface area contributed by atoms with Gasteiger partial charge in [-0.05, 0) is 18.1 Å². The third kappa shape index (κ3) is 4.79. The number of nitrogens with zero attached hydrogens (tertiary/aromatic N) is 5. The van der Waals surface area contributed by atoms with E-state index in [0.717, 1.165) is 16.4 Å². The number of nitrogens with two attached hydrogens (primary N) is 2. The van der Waals surface area contributed by atoms with Crippen molar-refractivity contribution in [3.8, 4) is 0 Å². The van der Waals surface area contributed by atoms with Gasteiger partial charge in [0.1, 0.15) is 23.4 Å². The molecule has 0 saturated carbocycles. The molecule has 0 aliphatic carbocycles. The summed E-state index contributed by atoms with van der Waals surface area (Å²) >= 11 is 1.99. The van der Waals surface area contributed by atoms with Gasteiger partial charge in [0.15, 0.2) is 5.13 Å². The van der Waals surface area contributed by atoms with Crippen molar-refractivity contribution in [1.82, 2.24) is 24.5 Å². The summed E-state index contributed by atoms with van der Waals surface area (Å²) in [4.78, 5) is 67.7. The monoisotopic (exact) mass is 550 g/mol. The number of carboxylic acid groups (broad SMARTS) is 1. The van der Waals surface area contributed by atoms with Crippen LogP contribution in [-0.4, -0.2) is 101 Å². The van der Waals surface area contributed by atoms with Crippen LogP contribution in [0.15, 0.2) is 28.1 Å². The minimum atomic E-state index is -1.36. The summed E-state index contributed by atoms with van der Waals surface area (Å²) in [7, 11) is 0. The number of amides is 3. The first-order valence-corrected chi connectivity index (χ1v) is 12.7. The lowest BCUT2D eigenvalue weighted by Crippen LogP contribution is -2.71. The smallest absolute Gasteiger partial charge is 0.352 e. The molecule has 1 aromatic rings. The highest BCUT2D eigenvalue weighted by Crippen LogP contribution is 2.41. The first kappa shape index (κ1) is 26.2. The van der Waals surface area contributed by atoms with Gasteiger partial charge in [-0.25, -0.2) is 4.79 Å². The molecule has 7 N–H and O–H groups in total. The second-order valence-corrected chi connectivity index (χ2v) is 10.0. The number of carbonyl (C=O) groups excluding carboxylic acids is 4. The Kier molecular flexibility index (Phi) is 7.55. The van der Waals surface area contributed by atoms with Crippen LogP contribution in [0.1, 0.15) is 18.7 Å². The van der Waals surface area contributed by atoms with E-state index in [4.69, 9.17) is 11.5 Å². The van der Waals surface area contributed by atoms with Gasteiger partial charge in [-0.15, -0.1) is 11.8 Å². The maximum absolute atomic E-state index is 12.9. The normalized spacial score (nSPS) is 23.7. The Balaban J connectivity index is 1.53. The minimum Gasteiger partial charge on any atom is -0.477 e. The van der Waals surface area contributed by atoms with Crippen molar-refractivity contribution in [2.75, 3.05) is 24.6 Å². The average Bonchev–Trinajstić information content (AvgIpc) is 3.46. The molecule has 4 heterocycles. The van der Waals surface area contributed by atoms with E-state index in [-0.39, 0.29) is 46.9 Å². The second-order valence-electron chi connectivity index (χ2n) is 8.15. The molecule has 3 atom stereocenters. The lowest BCUT2D eigenvalue weighted by atomic mass is 10.0. The van der Waals surface area contributed by atoms with Gasteiger partial charge in [0.25, 0.3) is 11.8 Å². The van der Waals surface area contributed by atoms with Crippen molar-refractivity contribution in [3.63, 3.8) is 0 Å². The van der Waals surface area contributed by atoms with Gasteiger partial charge in [-0.1, -0.05) is 5.16 Å². The number of aromatic nitrogens is 2. The van der Waals surface area contributed by atoms with Gasteiger partial charge in [0.05, 0.1) is 6.04 Å². The lowest BCUT2D eigenvalue weighted by molar-refractivity contribution is -0.150. The molecule has 1 aromatic heterocycles. The van der Waals surface area contributed by atoms with Gasteiger partial charge in [0.2, 0.25) is 17.4 Å². The number of hydrogen-bond donors (Lipinski definition) is 5. The number of oxime groups is 1. The van der Waals surface area contributed by atoms with Gasteiger partial charge >= 0.3 is 5.97 Å². The summed E-state index contributed by atoms with van der Waals surface area (Å²) in [6.07, 6.45) is 2.60. The summed E-state index contributed by atoms with van der Waals surface area (Å²) in [5.74, 6) is -3.39. The molecular formula is C20H22N8O7S2. The number of β-lactam (4-membered cyclic amide) rings is 1. The van der Waals surface area contributed by atoms with E-state index < -0.39 is 41.0 Å².